The summed E-state index contributed by atoms with van der Waals surface area (Å²) >= 11 is 0. The SMILES string of the molecule is CCCN(CCC)C(C)C(C)(C)C(N)=O. The molecule has 0 aromatic heterocycles. The van der Waals surface area contributed by atoms with E-state index in [2.05, 4.69) is 25.7 Å². The first-order chi connectivity index (χ1) is 6.87. The fraction of sp³-hybridized carbons (Fsp3) is 0.917. The van der Waals surface area contributed by atoms with Crippen LogP contribution in [0, 0.1) is 5.41 Å². The summed E-state index contributed by atoms with van der Waals surface area (Å²) in [4.78, 5) is 13.7. The van der Waals surface area contributed by atoms with Crippen LogP contribution < -0.4 is 5.73 Å². The van der Waals surface area contributed by atoms with E-state index in [0.717, 1.165) is 25.9 Å². The molecular formula is C12H26N2O. The molecule has 0 fully saturated rings. The second kappa shape index (κ2) is 6.11. The van der Waals surface area contributed by atoms with Gasteiger partial charge in [-0.3, -0.25) is 9.69 Å². The Labute approximate surface area is 94.0 Å². The predicted molar refractivity (Wildman–Crippen MR) is 64.6 cm³/mol. The predicted octanol–water partition coefficient (Wildman–Crippen LogP) is 2.01. The molecule has 2 N–H and O–H groups in total. The van der Waals surface area contributed by atoms with Crippen molar-refractivity contribution in [1.29, 1.82) is 0 Å². The Morgan fingerprint density at radius 1 is 1.27 bits per heavy atom. The van der Waals surface area contributed by atoms with Gasteiger partial charge in [0.2, 0.25) is 5.91 Å². The molecule has 0 rings (SSSR count). The summed E-state index contributed by atoms with van der Waals surface area (Å²) in [6.07, 6.45) is 2.22. The van der Waals surface area contributed by atoms with Crippen LogP contribution in [0.3, 0.4) is 0 Å². The van der Waals surface area contributed by atoms with E-state index in [4.69, 9.17) is 5.73 Å². The van der Waals surface area contributed by atoms with Crippen molar-refractivity contribution >= 4 is 5.91 Å². The molecule has 0 bridgehead atoms. The number of amides is 1. The molecule has 0 aromatic rings. The van der Waals surface area contributed by atoms with Crippen LogP contribution in [0.15, 0.2) is 0 Å². The van der Waals surface area contributed by atoms with Gasteiger partial charge >= 0.3 is 0 Å². The Balaban J connectivity index is 4.60. The van der Waals surface area contributed by atoms with Gasteiger partial charge in [-0.05, 0) is 46.7 Å². The van der Waals surface area contributed by atoms with Crippen LogP contribution in [0.1, 0.15) is 47.5 Å². The van der Waals surface area contributed by atoms with Crippen LogP contribution >= 0.6 is 0 Å². The topological polar surface area (TPSA) is 46.3 Å². The van der Waals surface area contributed by atoms with Crippen LogP contribution in [0.2, 0.25) is 0 Å². The van der Waals surface area contributed by atoms with Crippen LogP contribution in [-0.2, 0) is 4.79 Å². The third-order valence-corrected chi connectivity index (χ3v) is 3.25. The van der Waals surface area contributed by atoms with Gasteiger partial charge in [0.25, 0.3) is 0 Å². The smallest absolute Gasteiger partial charge is 0.224 e. The van der Waals surface area contributed by atoms with Crippen LogP contribution in [0.25, 0.3) is 0 Å². The van der Waals surface area contributed by atoms with Crippen molar-refractivity contribution in [2.75, 3.05) is 13.1 Å². The van der Waals surface area contributed by atoms with Crippen LogP contribution in [-0.4, -0.2) is 29.9 Å². The highest BCUT2D eigenvalue weighted by Crippen LogP contribution is 2.24. The lowest BCUT2D eigenvalue weighted by atomic mass is 9.83. The van der Waals surface area contributed by atoms with E-state index in [1.807, 2.05) is 13.8 Å². The van der Waals surface area contributed by atoms with Crippen LogP contribution in [0.4, 0.5) is 0 Å². The Kier molecular flexibility index (Phi) is 5.88. The zero-order chi connectivity index (χ0) is 12.1. The monoisotopic (exact) mass is 214 g/mol. The summed E-state index contributed by atoms with van der Waals surface area (Å²) in [5, 5.41) is 0. The second-order valence-corrected chi connectivity index (χ2v) is 4.80. The summed E-state index contributed by atoms with van der Waals surface area (Å²) < 4.78 is 0. The molecule has 0 aliphatic carbocycles. The molecule has 15 heavy (non-hydrogen) atoms. The van der Waals surface area contributed by atoms with Gasteiger partial charge in [0.1, 0.15) is 0 Å². The summed E-state index contributed by atoms with van der Waals surface area (Å²) in [6.45, 7) is 12.3. The number of nitrogens with zero attached hydrogens (tertiary/aromatic N) is 1. The fourth-order valence-corrected chi connectivity index (χ4v) is 1.74. The van der Waals surface area contributed by atoms with E-state index in [-0.39, 0.29) is 11.9 Å². The average Bonchev–Trinajstić information content (AvgIpc) is 2.16. The number of hydrogen-bond acceptors (Lipinski definition) is 2. The highest BCUT2D eigenvalue weighted by molar-refractivity contribution is 5.80. The van der Waals surface area contributed by atoms with Gasteiger partial charge in [-0.2, -0.15) is 0 Å². The molecule has 1 unspecified atom stereocenters. The Bertz CT molecular complexity index is 196. The van der Waals surface area contributed by atoms with Gasteiger partial charge in [-0.1, -0.05) is 13.8 Å². The lowest BCUT2D eigenvalue weighted by Crippen LogP contribution is -2.50. The van der Waals surface area contributed by atoms with E-state index in [0.29, 0.717) is 0 Å². The van der Waals surface area contributed by atoms with Crippen molar-refractivity contribution in [3.8, 4) is 0 Å². The maximum atomic E-state index is 11.4. The third kappa shape index (κ3) is 3.82. The van der Waals surface area contributed by atoms with Gasteiger partial charge in [0, 0.05) is 6.04 Å². The summed E-state index contributed by atoms with van der Waals surface area (Å²) in [7, 11) is 0. The van der Waals surface area contributed by atoms with Crippen molar-refractivity contribution in [1.82, 2.24) is 4.90 Å². The lowest BCUT2D eigenvalue weighted by Gasteiger charge is -2.38. The van der Waals surface area contributed by atoms with Gasteiger partial charge in [0.05, 0.1) is 5.41 Å². The maximum Gasteiger partial charge on any atom is 0.224 e. The molecule has 1 amide bonds. The fourth-order valence-electron chi connectivity index (χ4n) is 1.74. The first-order valence-corrected chi connectivity index (χ1v) is 5.91. The number of nitrogens with two attached hydrogens (primary N) is 1. The molecule has 3 heteroatoms. The van der Waals surface area contributed by atoms with Crippen molar-refractivity contribution < 1.29 is 4.79 Å². The number of rotatable bonds is 7. The zero-order valence-electron chi connectivity index (χ0n) is 10.8. The van der Waals surface area contributed by atoms with Gasteiger partial charge in [0.15, 0.2) is 0 Å². The van der Waals surface area contributed by atoms with E-state index in [1.54, 1.807) is 0 Å². The molecule has 0 aromatic carbocycles. The van der Waals surface area contributed by atoms with Crippen molar-refractivity contribution in [3.05, 3.63) is 0 Å². The molecule has 1 atom stereocenters. The molecule has 0 aliphatic rings. The summed E-state index contributed by atoms with van der Waals surface area (Å²) in [5.41, 5.74) is 4.98. The highest BCUT2D eigenvalue weighted by atomic mass is 16.1. The van der Waals surface area contributed by atoms with E-state index < -0.39 is 5.41 Å². The number of carbonyl (C=O) groups excluding carboxylic acids is 1. The Hall–Kier alpha value is -0.570. The normalized spacial score (nSPS) is 14.3. The minimum Gasteiger partial charge on any atom is -0.369 e. The highest BCUT2D eigenvalue weighted by Gasteiger charge is 2.35. The quantitative estimate of drug-likeness (QED) is 0.704. The molecular weight excluding hydrogens is 188 g/mol. The summed E-state index contributed by atoms with van der Waals surface area (Å²) in [6, 6.07) is 0.204. The number of hydrogen-bond donors (Lipinski definition) is 1. The zero-order valence-corrected chi connectivity index (χ0v) is 10.8. The molecule has 0 radical (unpaired) electrons. The number of primary amides is 1. The average molecular weight is 214 g/mol. The largest absolute Gasteiger partial charge is 0.369 e. The number of carbonyl (C=O) groups is 1. The molecule has 90 valence electrons. The molecule has 0 saturated heterocycles. The molecule has 3 nitrogen and oxygen atoms in total. The van der Waals surface area contributed by atoms with E-state index in [9.17, 15) is 4.79 Å². The first-order valence-electron chi connectivity index (χ1n) is 5.91. The molecule has 0 heterocycles. The van der Waals surface area contributed by atoms with Gasteiger partial charge in [-0.25, -0.2) is 0 Å². The van der Waals surface area contributed by atoms with Gasteiger partial charge in [-0.15, -0.1) is 0 Å². The Morgan fingerprint density at radius 3 is 1.93 bits per heavy atom. The Morgan fingerprint density at radius 2 is 1.67 bits per heavy atom. The third-order valence-electron chi connectivity index (χ3n) is 3.25. The van der Waals surface area contributed by atoms with Crippen molar-refractivity contribution in [3.63, 3.8) is 0 Å². The van der Waals surface area contributed by atoms with E-state index in [1.165, 1.54) is 0 Å². The van der Waals surface area contributed by atoms with Crippen LogP contribution in [0.5, 0.6) is 0 Å². The second-order valence-electron chi connectivity index (χ2n) is 4.80. The maximum absolute atomic E-state index is 11.4. The lowest BCUT2D eigenvalue weighted by molar-refractivity contribution is -0.129. The minimum atomic E-state index is -0.454. The molecule has 0 aliphatic heterocycles. The van der Waals surface area contributed by atoms with Gasteiger partial charge < -0.3 is 5.73 Å². The summed E-state index contributed by atoms with van der Waals surface area (Å²) in [5.74, 6) is -0.216. The standard InChI is InChI=1S/C12H26N2O/c1-6-8-14(9-7-2)10(3)12(4,5)11(13)15/h10H,6-9H2,1-5H3,(H2,13,15). The van der Waals surface area contributed by atoms with Crippen molar-refractivity contribution in [2.45, 2.75) is 53.5 Å². The molecule has 0 spiro atoms. The molecule has 0 saturated carbocycles. The minimum absolute atomic E-state index is 0.204. The first kappa shape index (κ1) is 14.4. The van der Waals surface area contributed by atoms with Crippen molar-refractivity contribution in [2.24, 2.45) is 11.1 Å². The van der Waals surface area contributed by atoms with E-state index >= 15 is 0 Å².